The number of ether oxygens (including phenoxy) is 1. The predicted octanol–water partition coefficient (Wildman–Crippen LogP) is 1.67. The number of nitrogens with one attached hydrogen (secondary N) is 1. The molecular weight excluding hydrogens is 364 g/mol. The molecule has 0 saturated carbocycles. The highest BCUT2D eigenvalue weighted by Crippen LogP contribution is 2.25. The third-order valence-electron chi connectivity index (χ3n) is 4.10. The number of hydrogen-bond acceptors (Lipinski definition) is 6. The normalized spacial score (nSPS) is 13.1. The molecule has 9 heteroatoms. The minimum atomic E-state index is -0.662. The van der Waals surface area contributed by atoms with Crippen LogP contribution in [0.1, 0.15) is 41.5 Å². The van der Waals surface area contributed by atoms with Crippen LogP contribution in [0.4, 0.5) is 16.3 Å². The van der Waals surface area contributed by atoms with Crippen LogP contribution in [0, 0.1) is 0 Å². The van der Waals surface area contributed by atoms with Crippen molar-refractivity contribution in [2.45, 2.75) is 26.4 Å². The van der Waals surface area contributed by atoms with Gasteiger partial charge < -0.3 is 10.5 Å². The first-order valence-corrected chi connectivity index (χ1v) is 8.48. The van der Waals surface area contributed by atoms with Crippen molar-refractivity contribution in [1.29, 1.82) is 0 Å². The molecule has 0 aliphatic carbocycles. The number of nitrogen functional groups attached to an aromatic ring is 1. The molecule has 146 valence electrons. The molecule has 2 heterocycles. The highest BCUT2D eigenvalue weighted by atomic mass is 16.6. The Morgan fingerprint density at radius 3 is 2.46 bits per heavy atom. The summed E-state index contributed by atoms with van der Waals surface area (Å²) >= 11 is 0. The van der Waals surface area contributed by atoms with Gasteiger partial charge in [-0.05, 0) is 39.0 Å². The highest BCUT2D eigenvalue weighted by molar-refractivity contribution is 6.23. The van der Waals surface area contributed by atoms with E-state index in [1.54, 1.807) is 45.0 Å². The van der Waals surface area contributed by atoms with Gasteiger partial charge in [0.1, 0.15) is 11.4 Å². The van der Waals surface area contributed by atoms with Crippen molar-refractivity contribution in [3.63, 3.8) is 0 Å². The zero-order valence-corrected chi connectivity index (χ0v) is 15.9. The lowest BCUT2D eigenvalue weighted by molar-refractivity contribution is 0.0589. The van der Waals surface area contributed by atoms with Crippen molar-refractivity contribution < 1.29 is 19.1 Å². The first-order valence-electron chi connectivity index (χ1n) is 8.48. The molecule has 1 aromatic carbocycles. The van der Waals surface area contributed by atoms with E-state index in [9.17, 15) is 19.2 Å². The summed E-state index contributed by atoms with van der Waals surface area (Å²) in [6, 6.07) is 7.53. The molecule has 1 aliphatic heterocycles. The Labute approximate surface area is 160 Å². The maximum atomic E-state index is 12.5. The number of pyridine rings is 1. The smallest absolute Gasteiger partial charge is 0.414 e. The van der Waals surface area contributed by atoms with Crippen molar-refractivity contribution in [3.8, 4) is 5.69 Å². The molecule has 0 spiro atoms. The molecule has 0 fully saturated rings. The van der Waals surface area contributed by atoms with Gasteiger partial charge in [0.2, 0.25) is 0 Å². The van der Waals surface area contributed by atoms with E-state index in [1.165, 1.54) is 11.9 Å². The Balaban J connectivity index is 2.06. The van der Waals surface area contributed by atoms with Gasteiger partial charge in [0.05, 0.1) is 16.8 Å². The van der Waals surface area contributed by atoms with Gasteiger partial charge in [-0.25, -0.2) is 4.79 Å². The molecule has 0 atom stereocenters. The largest absolute Gasteiger partial charge is 0.443 e. The second-order valence-corrected chi connectivity index (χ2v) is 7.33. The Kier molecular flexibility index (Phi) is 4.46. The van der Waals surface area contributed by atoms with Gasteiger partial charge in [-0.15, -0.1) is 0 Å². The number of hydrogen-bond donors (Lipinski definition) is 2. The standard InChI is InChI=1S/C19H20N4O5/c1-19(2,3)28-18(27)22(4)10-6-5-7-11(8-10)23-13(24)9-12-14(15(23)20)17(26)21-16(12)25/h5-9H,20H2,1-4H3,(H,21,25,26). The average Bonchev–Trinajstić information content (AvgIpc) is 2.87. The maximum Gasteiger partial charge on any atom is 0.414 e. The summed E-state index contributed by atoms with van der Waals surface area (Å²) in [5.41, 5.74) is 5.50. The van der Waals surface area contributed by atoms with E-state index >= 15 is 0 Å². The number of aromatic nitrogens is 1. The van der Waals surface area contributed by atoms with E-state index in [0.29, 0.717) is 11.4 Å². The van der Waals surface area contributed by atoms with E-state index in [0.717, 1.165) is 10.6 Å². The minimum absolute atomic E-state index is 0.0458. The summed E-state index contributed by atoms with van der Waals surface area (Å²) in [7, 11) is 1.54. The molecule has 1 aromatic heterocycles. The Morgan fingerprint density at radius 2 is 1.82 bits per heavy atom. The summed E-state index contributed by atoms with van der Waals surface area (Å²) < 4.78 is 6.45. The predicted molar refractivity (Wildman–Crippen MR) is 103 cm³/mol. The van der Waals surface area contributed by atoms with Crippen LogP contribution < -0.4 is 21.5 Å². The molecule has 3 N–H and O–H groups in total. The first kappa shape index (κ1) is 19.2. The van der Waals surface area contributed by atoms with Crippen molar-refractivity contribution in [2.24, 2.45) is 0 Å². The van der Waals surface area contributed by atoms with Crippen LogP contribution in [0.15, 0.2) is 35.1 Å². The SMILES string of the molecule is CN(C(=O)OC(C)(C)C)c1cccc(-n2c(N)c3c(cc2=O)C(=O)NC3=O)c1. The third-order valence-corrected chi connectivity index (χ3v) is 4.10. The number of rotatable bonds is 2. The summed E-state index contributed by atoms with van der Waals surface area (Å²) in [6.07, 6.45) is -0.566. The van der Waals surface area contributed by atoms with E-state index < -0.39 is 29.1 Å². The fourth-order valence-corrected chi connectivity index (χ4v) is 2.82. The second-order valence-electron chi connectivity index (χ2n) is 7.33. The third kappa shape index (κ3) is 3.34. The molecule has 28 heavy (non-hydrogen) atoms. The maximum absolute atomic E-state index is 12.5. The number of carbonyl (C=O) groups excluding carboxylic acids is 3. The molecule has 3 rings (SSSR count). The summed E-state index contributed by atoms with van der Waals surface area (Å²) in [5, 5.41) is 2.12. The van der Waals surface area contributed by atoms with E-state index in [2.05, 4.69) is 5.32 Å². The van der Waals surface area contributed by atoms with Gasteiger partial charge in [-0.3, -0.25) is 29.2 Å². The number of imide groups is 1. The van der Waals surface area contributed by atoms with Crippen LogP contribution in [0.5, 0.6) is 0 Å². The highest BCUT2D eigenvalue weighted by Gasteiger charge is 2.32. The van der Waals surface area contributed by atoms with Gasteiger partial charge in [0.15, 0.2) is 0 Å². The Hall–Kier alpha value is -3.62. The van der Waals surface area contributed by atoms with E-state index in [-0.39, 0.29) is 16.9 Å². The van der Waals surface area contributed by atoms with Gasteiger partial charge in [-0.2, -0.15) is 0 Å². The number of anilines is 2. The molecule has 3 amide bonds. The average molecular weight is 384 g/mol. The fraction of sp³-hybridized carbons (Fsp3) is 0.263. The molecule has 0 saturated heterocycles. The number of nitrogens with zero attached hydrogens (tertiary/aromatic N) is 2. The molecule has 9 nitrogen and oxygen atoms in total. The van der Waals surface area contributed by atoms with Crippen LogP contribution in [0.3, 0.4) is 0 Å². The lowest BCUT2D eigenvalue weighted by Crippen LogP contribution is -2.34. The van der Waals surface area contributed by atoms with Crippen LogP contribution in [-0.4, -0.2) is 35.1 Å². The Morgan fingerprint density at radius 1 is 1.14 bits per heavy atom. The van der Waals surface area contributed by atoms with Gasteiger partial charge >= 0.3 is 6.09 Å². The summed E-state index contributed by atoms with van der Waals surface area (Å²) in [6.45, 7) is 5.27. The molecule has 0 radical (unpaired) electrons. The van der Waals surface area contributed by atoms with Gasteiger partial charge in [0, 0.05) is 18.8 Å². The topological polar surface area (TPSA) is 124 Å². The van der Waals surface area contributed by atoms with Crippen LogP contribution in [-0.2, 0) is 4.74 Å². The van der Waals surface area contributed by atoms with Crippen molar-refractivity contribution in [1.82, 2.24) is 9.88 Å². The van der Waals surface area contributed by atoms with E-state index in [1.807, 2.05) is 0 Å². The first-order chi connectivity index (χ1) is 13.0. The minimum Gasteiger partial charge on any atom is -0.443 e. The number of carbonyl (C=O) groups is 3. The van der Waals surface area contributed by atoms with Gasteiger partial charge in [-0.1, -0.05) is 6.07 Å². The number of amides is 3. The lowest BCUT2D eigenvalue weighted by atomic mass is 10.1. The van der Waals surface area contributed by atoms with Crippen molar-refractivity contribution in [3.05, 3.63) is 51.8 Å². The molecule has 1 aliphatic rings. The summed E-state index contributed by atoms with van der Waals surface area (Å²) in [4.78, 5) is 49.9. The number of benzene rings is 1. The molecular formula is C19H20N4O5. The number of fused-ring (bicyclic) bond motifs is 1. The van der Waals surface area contributed by atoms with Crippen LogP contribution in [0.2, 0.25) is 0 Å². The zero-order valence-electron chi connectivity index (χ0n) is 15.9. The lowest BCUT2D eigenvalue weighted by Gasteiger charge is -2.25. The van der Waals surface area contributed by atoms with Crippen LogP contribution >= 0.6 is 0 Å². The zero-order chi connectivity index (χ0) is 20.8. The molecule has 2 aromatic rings. The van der Waals surface area contributed by atoms with Gasteiger partial charge in [0.25, 0.3) is 17.4 Å². The Bertz CT molecular complexity index is 1060. The van der Waals surface area contributed by atoms with E-state index in [4.69, 9.17) is 10.5 Å². The monoisotopic (exact) mass is 384 g/mol. The molecule has 0 bridgehead atoms. The van der Waals surface area contributed by atoms with Crippen molar-refractivity contribution in [2.75, 3.05) is 17.7 Å². The summed E-state index contributed by atoms with van der Waals surface area (Å²) in [5.74, 6) is -1.47. The van der Waals surface area contributed by atoms with Crippen LogP contribution in [0.25, 0.3) is 5.69 Å². The van der Waals surface area contributed by atoms with Crippen molar-refractivity contribution >= 4 is 29.4 Å². The molecule has 0 unspecified atom stereocenters. The number of nitrogens with two attached hydrogens (primary N) is 1. The quantitative estimate of drug-likeness (QED) is 0.759. The fourth-order valence-electron chi connectivity index (χ4n) is 2.82. The second kappa shape index (κ2) is 6.52.